The van der Waals surface area contributed by atoms with E-state index in [9.17, 15) is 4.79 Å². The number of piperidine rings is 1. The van der Waals surface area contributed by atoms with Gasteiger partial charge >= 0.3 is 0 Å². The number of ether oxygens (including phenoxy) is 2. The van der Waals surface area contributed by atoms with Gasteiger partial charge in [-0.15, -0.1) is 0 Å². The molecule has 1 saturated carbocycles. The largest absolute Gasteiger partial charge is 0.493 e. The molecule has 146 valence electrons. The Bertz CT molecular complexity index is 857. The second-order valence-corrected chi connectivity index (χ2v) is 7.50. The van der Waals surface area contributed by atoms with E-state index in [1.54, 1.807) is 19.5 Å². The first kappa shape index (κ1) is 18.5. The van der Waals surface area contributed by atoms with Gasteiger partial charge in [-0.05, 0) is 73.6 Å². The lowest BCUT2D eigenvalue weighted by atomic mass is 9.87. The molecule has 1 aromatic heterocycles. The third-order valence-corrected chi connectivity index (χ3v) is 5.57. The Morgan fingerprint density at radius 2 is 1.89 bits per heavy atom. The first-order valence-electron chi connectivity index (χ1n) is 9.96. The first-order valence-corrected chi connectivity index (χ1v) is 9.96. The Kier molecular flexibility index (Phi) is 5.60. The van der Waals surface area contributed by atoms with E-state index in [2.05, 4.69) is 22.4 Å². The molecule has 0 radical (unpaired) electrons. The van der Waals surface area contributed by atoms with Gasteiger partial charge in [0.2, 0.25) is 5.91 Å². The minimum atomic E-state index is 0.00371. The third-order valence-electron chi connectivity index (χ3n) is 5.57. The number of benzene rings is 1. The van der Waals surface area contributed by atoms with Crippen LogP contribution in [0.15, 0.2) is 48.3 Å². The molecule has 1 aliphatic carbocycles. The number of carbonyl (C=O) groups excluding carboxylic acids is 1. The maximum absolute atomic E-state index is 12.3. The smallest absolute Gasteiger partial charge is 0.247 e. The van der Waals surface area contributed by atoms with Gasteiger partial charge in [0.1, 0.15) is 0 Å². The van der Waals surface area contributed by atoms with Gasteiger partial charge < -0.3 is 14.8 Å². The molecule has 2 heterocycles. The van der Waals surface area contributed by atoms with Crippen LogP contribution in [0.25, 0.3) is 6.08 Å². The third kappa shape index (κ3) is 4.19. The number of methoxy groups -OCH3 is 1. The number of rotatable bonds is 5. The van der Waals surface area contributed by atoms with Gasteiger partial charge in [-0.25, -0.2) is 0 Å². The van der Waals surface area contributed by atoms with Crippen molar-refractivity contribution in [1.29, 1.82) is 0 Å². The molecule has 5 nitrogen and oxygen atoms in total. The van der Waals surface area contributed by atoms with E-state index in [0.717, 1.165) is 41.0 Å². The summed E-state index contributed by atoms with van der Waals surface area (Å²) in [4.78, 5) is 16.4. The van der Waals surface area contributed by atoms with Crippen LogP contribution in [-0.2, 0) is 4.79 Å². The van der Waals surface area contributed by atoms with E-state index < -0.39 is 0 Å². The molecular weight excluding hydrogens is 352 g/mol. The Balaban J connectivity index is 1.56. The fourth-order valence-electron chi connectivity index (χ4n) is 4.01. The minimum absolute atomic E-state index is 0.00371. The van der Waals surface area contributed by atoms with Crippen molar-refractivity contribution < 1.29 is 14.3 Å². The van der Waals surface area contributed by atoms with E-state index in [4.69, 9.17) is 9.47 Å². The minimum Gasteiger partial charge on any atom is -0.493 e. The van der Waals surface area contributed by atoms with Crippen LogP contribution in [-0.4, -0.2) is 30.6 Å². The van der Waals surface area contributed by atoms with E-state index in [0.29, 0.717) is 13.0 Å². The van der Waals surface area contributed by atoms with Gasteiger partial charge in [-0.2, -0.15) is 0 Å². The van der Waals surface area contributed by atoms with Crippen LogP contribution < -0.4 is 14.8 Å². The SMILES string of the molecule is COc1ccc([C@H]2CNC(=O)C(=Cc3ccncc3)C2)cc1OC1CCCC1. The number of hydrogen-bond donors (Lipinski definition) is 1. The van der Waals surface area contributed by atoms with Crippen molar-refractivity contribution in [3.8, 4) is 11.5 Å². The van der Waals surface area contributed by atoms with E-state index >= 15 is 0 Å². The number of pyridine rings is 1. The molecule has 2 aliphatic rings. The topological polar surface area (TPSA) is 60.5 Å². The highest BCUT2D eigenvalue weighted by Crippen LogP contribution is 2.36. The van der Waals surface area contributed by atoms with Crippen molar-refractivity contribution in [2.24, 2.45) is 0 Å². The highest BCUT2D eigenvalue weighted by molar-refractivity contribution is 5.98. The van der Waals surface area contributed by atoms with Crippen LogP contribution in [0.4, 0.5) is 0 Å². The molecule has 1 saturated heterocycles. The van der Waals surface area contributed by atoms with Crippen molar-refractivity contribution in [2.45, 2.75) is 44.1 Å². The van der Waals surface area contributed by atoms with E-state index in [1.165, 1.54) is 12.8 Å². The van der Waals surface area contributed by atoms with Crippen molar-refractivity contribution >= 4 is 12.0 Å². The average Bonchev–Trinajstić information content (AvgIpc) is 3.23. The number of aromatic nitrogens is 1. The Morgan fingerprint density at radius 3 is 2.64 bits per heavy atom. The summed E-state index contributed by atoms with van der Waals surface area (Å²) in [6.07, 6.45) is 11.1. The molecule has 1 aliphatic heterocycles. The van der Waals surface area contributed by atoms with Gasteiger partial charge in [0.05, 0.1) is 13.2 Å². The zero-order valence-corrected chi connectivity index (χ0v) is 16.2. The number of amides is 1. The molecule has 1 N–H and O–H groups in total. The summed E-state index contributed by atoms with van der Waals surface area (Å²) in [7, 11) is 1.67. The monoisotopic (exact) mass is 378 g/mol. The highest BCUT2D eigenvalue weighted by atomic mass is 16.5. The van der Waals surface area contributed by atoms with Crippen LogP contribution in [0.3, 0.4) is 0 Å². The lowest BCUT2D eigenvalue weighted by molar-refractivity contribution is -0.118. The molecule has 1 amide bonds. The fraction of sp³-hybridized carbons (Fsp3) is 0.391. The van der Waals surface area contributed by atoms with Crippen LogP contribution in [0, 0.1) is 0 Å². The van der Waals surface area contributed by atoms with E-state index in [-0.39, 0.29) is 17.9 Å². The van der Waals surface area contributed by atoms with Gasteiger partial charge in [-0.3, -0.25) is 9.78 Å². The predicted molar refractivity (Wildman–Crippen MR) is 108 cm³/mol. The zero-order chi connectivity index (χ0) is 19.3. The fourth-order valence-corrected chi connectivity index (χ4v) is 4.01. The van der Waals surface area contributed by atoms with Crippen molar-refractivity contribution in [1.82, 2.24) is 10.3 Å². The maximum Gasteiger partial charge on any atom is 0.247 e. The summed E-state index contributed by atoms with van der Waals surface area (Å²) in [6, 6.07) is 9.95. The molecule has 1 atom stereocenters. The highest BCUT2D eigenvalue weighted by Gasteiger charge is 2.26. The summed E-state index contributed by atoms with van der Waals surface area (Å²) >= 11 is 0. The molecule has 5 heteroatoms. The number of nitrogens with one attached hydrogen (secondary N) is 1. The standard InChI is InChI=1S/C23H26N2O3/c1-27-21-7-6-17(14-22(21)28-20-4-2-3-5-20)19-13-18(23(26)25-15-19)12-16-8-10-24-11-9-16/h6-12,14,19-20H,2-5,13,15H2,1H3,(H,25,26)/t19-/m1/s1. The van der Waals surface area contributed by atoms with Crippen LogP contribution in [0.1, 0.15) is 49.1 Å². The van der Waals surface area contributed by atoms with Crippen molar-refractivity contribution in [2.75, 3.05) is 13.7 Å². The predicted octanol–water partition coefficient (Wildman–Crippen LogP) is 4.10. The van der Waals surface area contributed by atoms with Gasteiger partial charge in [0.25, 0.3) is 0 Å². The van der Waals surface area contributed by atoms with Gasteiger partial charge in [0, 0.05) is 30.4 Å². The number of nitrogens with zero attached hydrogens (tertiary/aromatic N) is 1. The first-order chi connectivity index (χ1) is 13.7. The quantitative estimate of drug-likeness (QED) is 0.796. The van der Waals surface area contributed by atoms with Crippen LogP contribution in [0.2, 0.25) is 0 Å². The summed E-state index contributed by atoms with van der Waals surface area (Å²) in [5.41, 5.74) is 2.94. The van der Waals surface area contributed by atoms with Crippen molar-refractivity contribution in [3.63, 3.8) is 0 Å². The molecular formula is C23H26N2O3. The lowest BCUT2D eigenvalue weighted by Crippen LogP contribution is -2.35. The number of hydrogen-bond acceptors (Lipinski definition) is 4. The zero-order valence-electron chi connectivity index (χ0n) is 16.2. The summed E-state index contributed by atoms with van der Waals surface area (Å²) < 4.78 is 11.7. The molecule has 0 unspecified atom stereocenters. The summed E-state index contributed by atoms with van der Waals surface area (Å²) in [5.74, 6) is 1.79. The van der Waals surface area contributed by atoms with Crippen LogP contribution >= 0.6 is 0 Å². The molecule has 4 rings (SSSR count). The molecule has 1 aromatic carbocycles. The molecule has 2 fully saturated rings. The van der Waals surface area contributed by atoms with Crippen LogP contribution in [0.5, 0.6) is 11.5 Å². The van der Waals surface area contributed by atoms with Gasteiger partial charge in [0.15, 0.2) is 11.5 Å². The Labute approximate surface area is 165 Å². The molecule has 2 aromatic rings. The molecule has 0 bridgehead atoms. The average molecular weight is 378 g/mol. The van der Waals surface area contributed by atoms with Gasteiger partial charge in [-0.1, -0.05) is 6.07 Å². The number of carbonyl (C=O) groups is 1. The normalized spacial score (nSPS) is 21.5. The van der Waals surface area contributed by atoms with Crippen molar-refractivity contribution in [3.05, 3.63) is 59.4 Å². The summed E-state index contributed by atoms with van der Waals surface area (Å²) in [5, 5.41) is 3.03. The second kappa shape index (κ2) is 8.46. The molecule has 0 spiro atoms. The second-order valence-electron chi connectivity index (χ2n) is 7.50. The lowest BCUT2D eigenvalue weighted by Gasteiger charge is -2.26. The maximum atomic E-state index is 12.3. The Morgan fingerprint density at radius 1 is 1.11 bits per heavy atom. The summed E-state index contributed by atoms with van der Waals surface area (Å²) in [6.45, 7) is 0.627. The van der Waals surface area contributed by atoms with E-state index in [1.807, 2.05) is 24.3 Å². The Hall–Kier alpha value is -2.82. The molecule has 28 heavy (non-hydrogen) atoms.